The number of anilines is 1. The molecule has 2 aromatic rings. The van der Waals surface area contributed by atoms with Gasteiger partial charge in [-0.2, -0.15) is 0 Å². The molecule has 1 N–H and O–H groups in total. The van der Waals surface area contributed by atoms with Gasteiger partial charge >= 0.3 is 0 Å². The van der Waals surface area contributed by atoms with Crippen molar-refractivity contribution in [3.63, 3.8) is 0 Å². The van der Waals surface area contributed by atoms with Gasteiger partial charge in [-0.15, -0.1) is 0 Å². The number of nitrogens with one attached hydrogen (secondary N) is 1. The standard InChI is InChI=1S/C24H29Cl4N3O4S/c1-6-21(23(33)29-24(2,3)4)30(13-18-19(27)8-7-9-20(18)28)22(32)14-31(36(5,34)35)17-11-15(25)10-16(26)12-17/h7-12,21H,6,13-14H2,1-5H3,(H,29,33). The van der Waals surface area contributed by atoms with Crippen molar-refractivity contribution in [2.24, 2.45) is 0 Å². The molecular formula is C24H29Cl4N3O4S. The summed E-state index contributed by atoms with van der Waals surface area (Å²) in [6.07, 6.45) is 1.23. The Bertz CT molecular complexity index is 1190. The van der Waals surface area contributed by atoms with Crippen molar-refractivity contribution < 1.29 is 18.0 Å². The number of carbonyl (C=O) groups is 2. The number of carbonyl (C=O) groups excluding carboxylic acids is 2. The van der Waals surface area contributed by atoms with Gasteiger partial charge in [-0.1, -0.05) is 59.4 Å². The van der Waals surface area contributed by atoms with E-state index in [-0.39, 0.29) is 28.7 Å². The Balaban J connectivity index is 2.55. The molecule has 0 bridgehead atoms. The van der Waals surface area contributed by atoms with E-state index >= 15 is 0 Å². The minimum absolute atomic E-state index is 0.110. The van der Waals surface area contributed by atoms with E-state index in [9.17, 15) is 18.0 Å². The van der Waals surface area contributed by atoms with E-state index in [1.807, 2.05) is 20.8 Å². The van der Waals surface area contributed by atoms with E-state index < -0.39 is 40.0 Å². The number of sulfonamides is 1. The Morgan fingerprint density at radius 1 is 1.00 bits per heavy atom. The fourth-order valence-corrected chi connectivity index (χ4v) is 5.39. The Morgan fingerprint density at radius 2 is 1.53 bits per heavy atom. The summed E-state index contributed by atoms with van der Waals surface area (Å²) in [5.74, 6) is -1.03. The number of rotatable bonds is 9. The molecule has 1 atom stereocenters. The first-order valence-corrected chi connectivity index (χ1v) is 14.4. The molecule has 0 aromatic heterocycles. The molecule has 198 valence electrons. The summed E-state index contributed by atoms with van der Waals surface area (Å²) < 4.78 is 26.3. The second-order valence-corrected chi connectivity index (χ2v) is 12.9. The van der Waals surface area contributed by atoms with Crippen molar-refractivity contribution in [2.45, 2.75) is 52.2 Å². The Morgan fingerprint density at radius 3 is 1.97 bits per heavy atom. The van der Waals surface area contributed by atoms with Gasteiger partial charge in [0.2, 0.25) is 21.8 Å². The minimum atomic E-state index is -3.93. The third-order valence-corrected chi connectivity index (χ3v) is 7.37. The number of nitrogens with zero attached hydrogens (tertiary/aromatic N) is 2. The zero-order valence-electron chi connectivity index (χ0n) is 20.6. The SMILES string of the molecule is CCC(C(=O)NC(C)(C)C)N(Cc1c(Cl)cccc1Cl)C(=O)CN(c1cc(Cl)cc(Cl)c1)S(C)(=O)=O. The first-order valence-electron chi connectivity index (χ1n) is 11.0. The summed E-state index contributed by atoms with van der Waals surface area (Å²) >= 11 is 24.9. The molecule has 12 heteroatoms. The van der Waals surface area contributed by atoms with E-state index in [2.05, 4.69) is 5.32 Å². The predicted molar refractivity (Wildman–Crippen MR) is 148 cm³/mol. The van der Waals surface area contributed by atoms with Crippen LogP contribution < -0.4 is 9.62 Å². The highest BCUT2D eigenvalue weighted by molar-refractivity contribution is 7.92. The van der Waals surface area contributed by atoms with E-state index in [4.69, 9.17) is 46.4 Å². The van der Waals surface area contributed by atoms with Crippen molar-refractivity contribution in [3.8, 4) is 0 Å². The molecule has 0 spiro atoms. The van der Waals surface area contributed by atoms with Crippen molar-refractivity contribution in [2.75, 3.05) is 17.1 Å². The average Bonchev–Trinajstić information content (AvgIpc) is 2.70. The zero-order chi connectivity index (χ0) is 27.4. The van der Waals surface area contributed by atoms with Crippen LogP contribution in [0, 0.1) is 0 Å². The van der Waals surface area contributed by atoms with Gasteiger partial charge in [0.05, 0.1) is 11.9 Å². The molecule has 7 nitrogen and oxygen atoms in total. The maximum Gasteiger partial charge on any atom is 0.244 e. The summed E-state index contributed by atoms with van der Waals surface area (Å²) in [5, 5.41) is 3.92. The molecule has 0 saturated carbocycles. The molecule has 2 rings (SSSR count). The summed E-state index contributed by atoms with van der Waals surface area (Å²) in [6.45, 7) is 6.51. The quantitative estimate of drug-likeness (QED) is 0.397. The molecule has 1 unspecified atom stereocenters. The van der Waals surface area contributed by atoms with E-state index in [1.54, 1.807) is 25.1 Å². The lowest BCUT2D eigenvalue weighted by Gasteiger charge is -2.34. The van der Waals surface area contributed by atoms with Crippen LogP contribution in [-0.2, 0) is 26.2 Å². The maximum absolute atomic E-state index is 13.7. The average molecular weight is 597 g/mol. The largest absolute Gasteiger partial charge is 0.350 e. The van der Waals surface area contributed by atoms with Gasteiger partial charge in [0.25, 0.3) is 0 Å². The van der Waals surface area contributed by atoms with Crippen LogP contribution in [0.3, 0.4) is 0 Å². The molecule has 36 heavy (non-hydrogen) atoms. The molecule has 0 fully saturated rings. The Kier molecular flexibility index (Phi) is 10.4. The third kappa shape index (κ3) is 8.42. The normalized spacial score (nSPS) is 12.7. The highest BCUT2D eigenvalue weighted by Crippen LogP contribution is 2.29. The Labute approximate surface area is 232 Å². The first kappa shape index (κ1) is 30.5. The summed E-state index contributed by atoms with van der Waals surface area (Å²) in [7, 11) is -3.93. The van der Waals surface area contributed by atoms with Gasteiger partial charge in [-0.05, 0) is 57.5 Å². The molecule has 0 aliphatic carbocycles. The Hall–Kier alpha value is -1.71. The molecule has 0 heterocycles. The molecule has 2 amide bonds. The van der Waals surface area contributed by atoms with Crippen LogP contribution >= 0.6 is 46.4 Å². The number of hydrogen-bond donors (Lipinski definition) is 1. The maximum atomic E-state index is 13.7. The van der Waals surface area contributed by atoms with Gasteiger partial charge in [-0.3, -0.25) is 13.9 Å². The summed E-state index contributed by atoms with van der Waals surface area (Å²) in [6, 6.07) is 8.22. The van der Waals surface area contributed by atoms with Crippen LogP contribution in [0.4, 0.5) is 5.69 Å². The summed E-state index contributed by atoms with van der Waals surface area (Å²) in [5.41, 5.74) is -0.00317. The topological polar surface area (TPSA) is 86.8 Å². The monoisotopic (exact) mass is 595 g/mol. The predicted octanol–water partition coefficient (Wildman–Crippen LogP) is 5.79. The molecular weight excluding hydrogens is 568 g/mol. The van der Waals surface area contributed by atoms with Crippen molar-refractivity contribution in [1.82, 2.24) is 10.2 Å². The van der Waals surface area contributed by atoms with Crippen LogP contribution in [0.5, 0.6) is 0 Å². The van der Waals surface area contributed by atoms with E-state index in [0.29, 0.717) is 15.6 Å². The second-order valence-electron chi connectivity index (χ2n) is 9.28. The van der Waals surface area contributed by atoms with Crippen LogP contribution in [0.25, 0.3) is 0 Å². The lowest BCUT2D eigenvalue weighted by atomic mass is 10.1. The third-order valence-electron chi connectivity index (χ3n) is 5.09. The van der Waals surface area contributed by atoms with Gasteiger partial charge in [0.1, 0.15) is 12.6 Å². The van der Waals surface area contributed by atoms with Gasteiger partial charge in [0, 0.05) is 37.7 Å². The van der Waals surface area contributed by atoms with E-state index in [1.165, 1.54) is 23.1 Å². The molecule has 2 aromatic carbocycles. The lowest BCUT2D eigenvalue weighted by Crippen LogP contribution is -2.55. The lowest BCUT2D eigenvalue weighted by molar-refractivity contribution is -0.141. The van der Waals surface area contributed by atoms with Crippen LogP contribution in [0.2, 0.25) is 20.1 Å². The number of amides is 2. The number of benzene rings is 2. The molecule has 0 radical (unpaired) electrons. The van der Waals surface area contributed by atoms with Gasteiger partial charge in [0.15, 0.2) is 0 Å². The number of hydrogen-bond acceptors (Lipinski definition) is 4. The van der Waals surface area contributed by atoms with Crippen molar-refractivity contribution >= 4 is 73.9 Å². The summed E-state index contributed by atoms with van der Waals surface area (Å²) in [4.78, 5) is 28.2. The fraction of sp³-hybridized carbons (Fsp3) is 0.417. The zero-order valence-corrected chi connectivity index (χ0v) is 24.5. The first-order chi connectivity index (χ1) is 16.5. The van der Waals surface area contributed by atoms with Gasteiger partial charge < -0.3 is 10.2 Å². The highest BCUT2D eigenvalue weighted by atomic mass is 35.5. The van der Waals surface area contributed by atoms with Crippen molar-refractivity contribution in [1.29, 1.82) is 0 Å². The fourth-order valence-electron chi connectivity index (χ4n) is 3.52. The minimum Gasteiger partial charge on any atom is -0.350 e. The molecule has 0 saturated heterocycles. The second kappa shape index (κ2) is 12.2. The van der Waals surface area contributed by atoms with Crippen molar-refractivity contribution in [3.05, 3.63) is 62.1 Å². The van der Waals surface area contributed by atoms with E-state index in [0.717, 1.165) is 10.6 Å². The van der Waals surface area contributed by atoms with Gasteiger partial charge in [-0.25, -0.2) is 8.42 Å². The smallest absolute Gasteiger partial charge is 0.244 e. The van der Waals surface area contributed by atoms with Crippen LogP contribution in [0.15, 0.2) is 36.4 Å². The van der Waals surface area contributed by atoms with Crippen LogP contribution in [-0.4, -0.2) is 49.5 Å². The highest BCUT2D eigenvalue weighted by Gasteiger charge is 2.33. The van der Waals surface area contributed by atoms with Crippen LogP contribution in [0.1, 0.15) is 39.7 Å². The molecule has 0 aliphatic rings. The number of halogens is 4. The molecule has 0 aliphatic heterocycles.